The number of hydrogen-bond donors (Lipinski definition) is 1. The standard InChI is InChI=1S/C12H22N2O2/c1-5-10(13)9-6-7-14(8-9)11(15)16-12(2,3)4/h5,9-10H,1,6-8,13H2,2-4H3. The van der Waals surface area contributed by atoms with Crippen molar-refractivity contribution in [2.75, 3.05) is 13.1 Å². The van der Waals surface area contributed by atoms with Gasteiger partial charge in [-0.1, -0.05) is 6.08 Å². The van der Waals surface area contributed by atoms with Crippen molar-refractivity contribution in [3.05, 3.63) is 12.7 Å². The van der Waals surface area contributed by atoms with Crippen molar-refractivity contribution in [1.29, 1.82) is 0 Å². The monoisotopic (exact) mass is 226 g/mol. The fourth-order valence-corrected chi connectivity index (χ4v) is 1.79. The summed E-state index contributed by atoms with van der Waals surface area (Å²) in [4.78, 5) is 13.5. The summed E-state index contributed by atoms with van der Waals surface area (Å²) in [6.07, 6.45) is 2.42. The second kappa shape index (κ2) is 4.87. The first-order valence-electron chi connectivity index (χ1n) is 5.69. The summed E-state index contributed by atoms with van der Waals surface area (Å²) in [5, 5.41) is 0. The van der Waals surface area contributed by atoms with Crippen LogP contribution >= 0.6 is 0 Å². The molecule has 0 aromatic heterocycles. The van der Waals surface area contributed by atoms with E-state index in [0.717, 1.165) is 13.0 Å². The number of carbonyl (C=O) groups is 1. The van der Waals surface area contributed by atoms with Gasteiger partial charge in [0, 0.05) is 19.1 Å². The van der Waals surface area contributed by atoms with Crippen LogP contribution in [0.4, 0.5) is 4.79 Å². The highest BCUT2D eigenvalue weighted by atomic mass is 16.6. The van der Waals surface area contributed by atoms with E-state index in [1.54, 1.807) is 11.0 Å². The van der Waals surface area contributed by atoms with E-state index in [-0.39, 0.29) is 12.1 Å². The number of rotatable bonds is 2. The van der Waals surface area contributed by atoms with Gasteiger partial charge in [-0.15, -0.1) is 6.58 Å². The molecule has 16 heavy (non-hydrogen) atoms. The largest absolute Gasteiger partial charge is 0.444 e. The molecule has 0 saturated carbocycles. The molecule has 0 spiro atoms. The summed E-state index contributed by atoms with van der Waals surface area (Å²) >= 11 is 0. The van der Waals surface area contributed by atoms with Crippen LogP contribution in [-0.2, 0) is 4.74 Å². The van der Waals surface area contributed by atoms with E-state index >= 15 is 0 Å². The first-order valence-corrected chi connectivity index (χ1v) is 5.69. The van der Waals surface area contributed by atoms with Gasteiger partial charge in [-0.3, -0.25) is 0 Å². The molecule has 1 aliphatic heterocycles. The van der Waals surface area contributed by atoms with Gasteiger partial charge >= 0.3 is 6.09 Å². The van der Waals surface area contributed by atoms with Crippen molar-refractivity contribution < 1.29 is 9.53 Å². The Labute approximate surface area is 97.4 Å². The Morgan fingerprint density at radius 1 is 1.62 bits per heavy atom. The number of amides is 1. The average Bonchev–Trinajstić information content (AvgIpc) is 2.62. The molecule has 2 unspecified atom stereocenters. The molecule has 1 fully saturated rings. The third-order valence-corrected chi connectivity index (χ3v) is 2.69. The summed E-state index contributed by atoms with van der Waals surface area (Å²) in [6, 6.07) is -0.0348. The second-order valence-corrected chi connectivity index (χ2v) is 5.29. The normalized spacial score (nSPS) is 23.0. The molecule has 0 aromatic carbocycles. The minimum Gasteiger partial charge on any atom is -0.444 e. The van der Waals surface area contributed by atoms with E-state index in [0.29, 0.717) is 12.5 Å². The van der Waals surface area contributed by atoms with Crippen LogP contribution in [0.2, 0.25) is 0 Å². The second-order valence-electron chi connectivity index (χ2n) is 5.29. The molecule has 4 heteroatoms. The molecule has 1 heterocycles. The van der Waals surface area contributed by atoms with Gasteiger partial charge in [-0.2, -0.15) is 0 Å². The lowest BCUT2D eigenvalue weighted by Crippen LogP contribution is -2.37. The molecule has 1 aliphatic rings. The smallest absolute Gasteiger partial charge is 0.410 e. The molecule has 0 aliphatic carbocycles. The quantitative estimate of drug-likeness (QED) is 0.730. The molecule has 1 amide bonds. The Morgan fingerprint density at radius 2 is 2.25 bits per heavy atom. The van der Waals surface area contributed by atoms with Crippen LogP contribution in [0.15, 0.2) is 12.7 Å². The number of nitrogens with zero attached hydrogens (tertiary/aromatic N) is 1. The summed E-state index contributed by atoms with van der Waals surface area (Å²) in [7, 11) is 0. The Bertz CT molecular complexity index is 271. The Morgan fingerprint density at radius 3 is 2.75 bits per heavy atom. The lowest BCUT2D eigenvalue weighted by molar-refractivity contribution is 0.0287. The van der Waals surface area contributed by atoms with Gasteiger partial charge in [-0.25, -0.2) is 4.79 Å². The van der Waals surface area contributed by atoms with Crippen molar-refractivity contribution in [3.63, 3.8) is 0 Å². The third kappa shape index (κ3) is 3.52. The Kier molecular flexibility index (Phi) is 3.97. The van der Waals surface area contributed by atoms with E-state index in [1.807, 2.05) is 20.8 Å². The molecule has 1 rings (SSSR count). The molecule has 2 N–H and O–H groups in total. The minimum absolute atomic E-state index is 0.0348. The topological polar surface area (TPSA) is 55.6 Å². The van der Waals surface area contributed by atoms with Gasteiger partial charge in [0.1, 0.15) is 5.60 Å². The van der Waals surface area contributed by atoms with Crippen molar-refractivity contribution in [2.24, 2.45) is 11.7 Å². The van der Waals surface area contributed by atoms with Crippen LogP contribution in [0.3, 0.4) is 0 Å². The van der Waals surface area contributed by atoms with Crippen molar-refractivity contribution >= 4 is 6.09 Å². The SMILES string of the molecule is C=CC(N)C1CCN(C(=O)OC(C)(C)C)C1. The van der Waals surface area contributed by atoms with Crippen LogP contribution < -0.4 is 5.73 Å². The van der Waals surface area contributed by atoms with E-state index in [1.165, 1.54) is 0 Å². The molecular weight excluding hydrogens is 204 g/mol. The van der Waals surface area contributed by atoms with Crippen LogP contribution in [0.1, 0.15) is 27.2 Å². The summed E-state index contributed by atoms with van der Waals surface area (Å²) in [6.45, 7) is 10.7. The zero-order valence-electron chi connectivity index (χ0n) is 10.4. The average molecular weight is 226 g/mol. The van der Waals surface area contributed by atoms with Gasteiger partial charge < -0.3 is 15.4 Å². The lowest BCUT2D eigenvalue weighted by Gasteiger charge is -2.24. The molecule has 1 saturated heterocycles. The molecule has 2 atom stereocenters. The minimum atomic E-state index is -0.435. The maximum Gasteiger partial charge on any atom is 0.410 e. The van der Waals surface area contributed by atoms with Crippen molar-refractivity contribution in [3.8, 4) is 0 Å². The summed E-state index contributed by atoms with van der Waals surface area (Å²) in [5.41, 5.74) is 5.44. The van der Waals surface area contributed by atoms with Crippen molar-refractivity contribution in [2.45, 2.75) is 38.8 Å². The molecule has 0 bridgehead atoms. The van der Waals surface area contributed by atoms with Gasteiger partial charge in [0.05, 0.1) is 0 Å². The van der Waals surface area contributed by atoms with E-state index in [9.17, 15) is 4.79 Å². The van der Waals surface area contributed by atoms with Gasteiger partial charge in [-0.05, 0) is 33.1 Å². The number of ether oxygens (including phenoxy) is 1. The molecule has 0 aromatic rings. The number of carbonyl (C=O) groups excluding carboxylic acids is 1. The fourth-order valence-electron chi connectivity index (χ4n) is 1.79. The lowest BCUT2D eigenvalue weighted by atomic mass is 10.0. The predicted octanol–water partition coefficient (Wildman–Crippen LogP) is 1.76. The zero-order chi connectivity index (χ0) is 12.3. The maximum atomic E-state index is 11.8. The number of hydrogen-bond acceptors (Lipinski definition) is 3. The molecule has 0 radical (unpaired) electrons. The van der Waals surface area contributed by atoms with E-state index in [4.69, 9.17) is 10.5 Å². The first kappa shape index (κ1) is 13.0. The summed E-state index contributed by atoms with van der Waals surface area (Å²) < 4.78 is 5.30. The molecule has 92 valence electrons. The Hall–Kier alpha value is -1.03. The van der Waals surface area contributed by atoms with Crippen LogP contribution in [-0.4, -0.2) is 35.7 Å². The van der Waals surface area contributed by atoms with E-state index in [2.05, 4.69) is 6.58 Å². The first-order chi connectivity index (χ1) is 7.33. The summed E-state index contributed by atoms with van der Waals surface area (Å²) in [5.74, 6) is 0.310. The van der Waals surface area contributed by atoms with Gasteiger partial charge in [0.2, 0.25) is 0 Å². The van der Waals surface area contributed by atoms with Crippen LogP contribution in [0.25, 0.3) is 0 Å². The molecule has 4 nitrogen and oxygen atoms in total. The van der Waals surface area contributed by atoms with Gasteiger partial charge in [0.15, 0.2) is 0 Å². The number of nitrogens with two attached hydrogens (primary N) is 1. The van der Waals surface area contributed by atoms with Gasteiger partial charge in [0.25, 0.3) is 0 Å². The predicted molar refractivity (Wildman–Crippen MR) is 64.1 cm³/mol. The highest BCUT2D eigenvalue weighted by Gasteiger charge is 2.31. The molecular formula is C12H22N2O2. The fraction of sp³-hybridized carbons (Fsp3) is 0.750. The number of likely N-dealkylation sites (tertiary alicyclic amines) is 1. The van der Waals surface area contributed by atoms with E-state index < -0.39 is 5.60 Å². The maximum absolute atomic E-state index is 11.8. The van der Waals surface area contributed by atoms with Crippen LogP contribution in [0.5, 0.6) is 0 Å². The Balaban J connectivity index is 2.47. The van der Waals surface area contributed by atoms with Crippen LogP contribution in [0, 0.1) is 5.92 Å². The third-order valence-electron chi connectivity index (χ3n) is 2.69. The van der Waals surface area contributed by atoms with Crippen molar-refractivity contribution in [1.82, 2.24) is 4.90 Å². The highest BCUT2D eigenvalue weighted by molar-refractivity contribution is 5.68. The zero-order valence-corrected chi connectivity index (χ0v) is 10.4. The highest BCUT2D eigenvalue weighted by Crippen LogP contribution is 2.21.